The highest BCUT2D eigenvalue weighted by Crippen LogP contribution is 1.96. The highest BCUT2D eigenvalue weighted by molar-refractivity contribution is 5.49. The van der Waals surface area contributed by atoms with Gasteiger partial charge in [-0.2, -0.15) is 0 Å². The van der Waals surface area contributed by atoms with Gasteiger partial charge in [0.15, 0.2) is 0 Å². The quantitative estimate of drug-likeness (QED) is 0.432. The first-order chi connectivity index (χ1) is 5.06. The minimum atomic E-state index is 0.566. The van der Waals surface area contributed by atoms with Crippen molar-refractivity contribution in [3.63, 3.8) is 0 Å². The molecule has 11 heavy (non-hydrogen) atoms. The lowest BCUT2D eigenvalue weighted by molar-refractivity contribution is 0.425. The van der Waals surface area contributed by atoms with Crippen molar-refractivity contribution in [2.24, 2.45) is 0 Å². The van der Waals surface area contributed by atoms with Gasteiger partial charge in [-0.05, 0) is 13.8 Å². The van der Waals surface area contributed by atoms with Crippen LogP contribution in [0.3, 0.4) is 0 Å². The van der Waals surface area contributed by atoms with Gasteiger partial charge < -0.3 is 4.90 Å². The topological polar surface area (TPSA) is 20.3 Å². The Morgan fingerprint density at radius 3 is 1.82 bits per heavy atom. The van der Waals surface area contributed by atoms with Gasteiger partial charge in [-0.25, -0.2) is 0 Å². The Labute approximate surface area is 68.2 Å². The van der Waals surface area contributed by atoms with Crippen LogP contribution in [-0.2, 0) is 4.79 Å². The molecule has 0 aliphatic carbocycles. The van der Waals surface area contributed by atoms with Crippen molar-refractivity contribution in [1.82, 2.24) is 4.90 Å². The molecule has 0 aromatic heterocycles. The van der Waals surface area contributed by atoms with E-state index in [1.54, 1.807) is 0 Å². The summed E-state index contributed by atoms with van der Waals surface area (Å²) in [6.07, 6.45) is 1.83. The number of nitrogens with zero attached hydrogens (tertiary/aromatic N) is 1. The number of amides is 1. The summed E-state index contributed by atoms with van der Waals surface area (Å²) in [7, 11) is 0. The lowest BCUT2D eigenvalue weighted by Gasteiger charge is -2.15. The zero-order valence-corrected chi connectivity index (χ0v) is 7.18. The zero-order chi connectivity index (χ0) is 8.85. The first-order valence-corrected chi connectivity index (χ1v) is 3.47. The van der Waals surface area contributed by atoms with Crippen molar-refractivity contribution >= 4 is 6.41 Å². The summed E-state index contributed by atoms with van der Waals surface area (Å²) in [5.74, 6) is 0. The average Bonchev–Trinajstić information content (AvgIpc) is 1.84. The summed E-state index contributed by atoms with van der Waals surface area (Å²) < 4.78 is 0. The van der Waals surface area contributed by atoms with Gasteiger partial charge in [-0.1, -0.05) is 24.3 Å². The van der Waals surface area contributed by atoms with Gasteiger partial charge in [-0.15, -0.1) is 0 Å². The smallest absolute Gasteiger partial charge is 0.312 e. The molecule has 0 aromatic rings. The van der Waals surface area contributed by atoms with Crippen LogP contribution in [0.5, 0.6) is 0 Å². The zero-order valence-electron chi connectivity index (χ0n) is 7.18. The van der Waals surface area contributed by atoms with Crippen molar-refractivity contribution < 1.29 is 4.79 Å². The van der Waals surface area contributed by atoms with Gasteiger partial charge in [-0.3, -0.25) is 4.79 Å². The fourth-order valence-corrected chi connectivity index (χ4v) is 0.772. The lowest BCUT2D eigenvalue weighted by Crippen LogP contribution is -2.25. The predicted molar refractivity (Wildman–Crippen MR) is 46.9 cm³/mol. The molecule has 1 amide bonds. The molecule has 0 bridgehead atoms. The van der Waals surface area contributed by atoms with Crippen molar-refractivity contribution in [2.75, 3.05) is 13.1 Å². The Bertz CT molecular complexity index is 156. The van der Waals surface area contributed by atoms with E-state index in [1.165, 1.54) is 4.90 Å². The summed E-state index contributed by atoms with van der Waals surface area (Å²) in [6, 6.07) is 0. The number of hydrogen-bond acceptors (Lipinski definition) is 1. The van der Waals surface area contributed by atoms with E-state index in [9.17, 15) is 4.79 Å². The van der Waals surface area contributed by atoms with Gasteiger partial charge in [0.05, 0.1) is 0 Å². The number of rotatable bonds is 5. The average molecular weight is 152 g/mol. The van der Waals surface area contributed by atoms with Crippen molar-refractivity contribution in [2.45, 2.75) is 13.8 Å². The lowest BCUT2D eigenvalue weighted by atomic mass is 10.3. The molecule has 0 heterocycles. The third kappa shape index (κ3) is 5.40. The molecular weight excluding hydrogens is 138 g/mol. The van der Waals surface area contributed by atoms with E-state index < -0.39 is 0 Å². The minimum Gasteiger partial charge on any atom is -0.327 e. The summed E-state index contributed by atoms with van der Waals surface area (Å²) in [6.45, 7) is 12.3. The highest BCUT2D eigenvalue weighted by atomic mass is 16.1. The first kappa shape index (κ1) is 9.95. The van der Waals surface area contributed by atoms with E-state index >= 15 is 0 Å². The van der Waals surface area contributed by atoms with Crippen LogP contribution >= 0.6 is 0 Å². The molecule has 0 spiro atoms. The molecule has 0 aliphatic heterocycles. The molecule has 0 fully saturated rings. The summed E-state index contributed by atoms with van der Waals surface area (Å²) >= 11 is 0. The molecule has 0 unspecified atom stereocenters. The van der Waals surface area contributed by atoms with Crippen LogP contribution in [0, 0.1) is 0 Å². The van der Waals surface area contributed by atoms with Crippen molar-refractivity contribution in [3.8, 4) is 0 Å². The molecule has 2 heteroatoms. The van der Waals surface area contributed by atoms with Crippen LogP contribution in [0.4, 0.5) is 0 Å². The van der Waals surface area contributed by atoms with E-state index in [0.29, 0.717) is 13.1 Å². The van der Waals surface area contributed by atoms with E-state index in [2.05, 4.69) is 13.2 Å². The molecule has 0 N–H and O–H groups in total. The maximum atomic E-state index is 10.3. The van der Waals surface area contributed by atoms with E-state index in [-0.39, 0.29) is 0 Å². The monoisotopic (exact) mass is 152 g/mol. The number of hydrogen-bond donors (Lipinski definition) is 0. The molecule has 1 radical (unpaired) electrons. The van der Waals surface area contributed by atoms with Crippen molar-refractivity contribution in [1.29, 1.82) is 0 Å². The Morgan fingerprint density at radius 2 is 1.64 bits per heavy atom. The van der Waals surface area contributed by atoms with Gasteiger partial charge in [0.2, 0.25) is 0 Å². The fourth-order valence-electron chi connectivity index (χ4n) is 0.772. The second kappa shape index (κ2) is 4.72. The van der Waals surface area contributed by atoms with E-state index in [4.69, 9.17) is 0 Å². The standard InChI is InChI=1S/C9H14NO/c1-8(2)5-10(7-11)6-9(3)4/h1,3,5-6H2,2,4H3. The summed E-state index contributed by atoms with van der Waals surface area (Å²) in [5, 5.41) is 0. The van der Waals surface area contributed by atoms with Crippen LogP contribution in [0.25, 0.3) is 0 Å². The predicted octanol–water partition coefficient (Wildman–Crippen LogP) is 1.51. The molecule has 0 rings (SSSR count). The molecule has 61 valence electrons. The maximum absolute atomic E-state index is 10.3. The second-order valence-corrected chi connectivity index (χ2v) is 2.86. The van der Waals surface area contributed by atoms with Gasteiger partial charge in [0, 0.05) is 13.1 Å². The highest BCUT2D eigenvalue weighted by Gasteiger charge is 2.01. The van der Waals surface area contributed by atoms with Crippen molar-refractivity contribution in [3.05, 3.63) is 24.3 Å². The van der Waals surface area contributed by atoms with Crippen LogP contribution in [0.15, 0.2) is 24.3 Å². The molecular formula is C9H14NO. The fraction of sp³-hybridized carbons (Fsp3) is 0.444. The summed E-state index contributed by atoms with van der Waals surface area (Å²) in [5.41, 5.74) is 1.91. The third-order valence-corrected chi connectivity index (χ3v) is 1.05. The number of carbonyl (C=O) groups excluding carboxylic acids is 1. The van der Waals surface area contributed by atoms with Crippen LogP contribution in [0.2, 0.25) is 0 Å². The van der Waals surface area contributed by atoms with Gasteiger partial charge in [0.1, 0.15) is 0 Å². The van der Waals surface area contributed by atoms with E-state index in [1.807, 2.05) is 20.3 Å². The van der Waals surface area contributed by atoms with Gasteiger partial charge >= 0.3 is 6.41 Å². The van der Waals surface area contributed by atoms with Crippen LogP contribution in [-0.4, -0.2) is 24.4 Å². The first-order valence-electron chi connectivity index (χ1n) is 3.47. The van der Waals surface area contributed by atoms with Crippen LogP contribution < -0.4 is 0 Å². The van der Waals surface area contributed by atoms with Gasteiger partial charge in [0.25, 0.3) is 0 Å². The molecule has 0 saturated carbocycles. The molecule has 2 nitrogen and oxygen atoms in total. The Kier molecular flexibility index (Phi) is 4.27. The van der Waals surface area contributed by atoms with E-state index in [0.717, 1.165) is 11.1 Å². The largest absolute Gasteiger partial charge is 0.327 e. The Hall–Kier alpha value is -1.05. The third-order valence-electron chi connectivity index (χ3n) is 1.05. The normalized spacial score (nSPS) is 8.91. The Balaban J connectivity index is 3.85. The maximum Gasteiger partial charge on any atom is 0.312 e. The molecule has 0 atom stereocenters. The van der Waals surface area contributed by atoms with Crippen LogP contribution in [0.1, 0.15) is 13.8 Å². The second-order valence-electron chi connectivity index (χ2n) is 2.86. The summed E-state index contributed by atoms with van der Waals surface area (Å²) in [4.78, 5) is 11.8. The molecule has 0 aliphatic rings. The Morgan fingerprint density at radius 1 is 1.27 bits per heavy atom. The molecule has 0 saturated heterocycles. The minimum absolute atomic E-state index is 0.566. The SMILES string of the molecule is C=C(C)CN([C]=O)CC(=C)C. The molecule has 0 aromatic carbocycles.